The molecule has 130 valence electrons. The highest BCUT2D eigenvalue weighted by Crippen LogP contribution is 2.06. The fraction of sp³-hybridized carbons (Fsp3) is 0.667. The Labute approximate surface area is 136 Å². The number of nitrogens with zero attached hydrogens (tertiary/aromatic N) is 2. The van der Waals surface area contributed by atoms with E-state index >= 15 is 0 Å². The third kappa shape index (κ3) is 7.64. The summed E-state index contributed by atoms with van der Waals surface area (Å²) >= 11 is 0. The second-order valence-corrected chi connectivity index (χ2v) is 6.19. The van der Waals surface area contributed by atoms with Crippen LogP contribution in [0, 0.1) is 0 Å². The first-order valence-corrected chi connectivity index (χ1v) is 7.46. The summed E-state index contributed by atoms with van der Waals surface area (Å²) in [6, 6.07) is -0.518. The summed E-state index contributed by atoms with van der Waals surface area (Å²) in [5.74, 6) is -0.368. The highest BCUT2D eigenvalue weighted by atomic mass is 16.6. The van der Waals surface area contributed by atoms with E-state index in [2.05, 4.69) is 15.6 Å². The molecule has 1 heterocycles. The molecule has 0 aliphatic rings. The maximum Gasteiger partial charge on any atom is 0.407 e. The van der Waals surface area contributed by atoms with Gasteiger partial charge in [0.1, 0.15) is 11.6 Å². The van der Waals surface area contributed by atoms with Gasteiger partial charge in [-0.25, -0.2) is 9.78 Å². The molecular formula is C15H26N4O4. The predicted octanol–water partition coefficient (Wildman–Crippen LogP) is 0.619. The number of carbonyl (C=O) groups is 2. The molecule has 0 saturated heterocycles. The van der Waals surface area contributed by atoms with Gasteiger partial charge in [-0.05, 0) is 20.8 Å². The minimum atomic E-state index is -0.537. The van der Waals surface area contributed by atoms with E-state index in [1.807, 2.05) is 17.8 Å². The van der Waals surface area contributed by atoms with Gasteiger partial charge in [-0.1, -0.05) is 0 Å². The summed E-state index contributed by atoms with van der Waals surface area (Å²) in [4.78, 5) is 27.5. The molecule has 2 N–H and O–H groups in total. The molecule has 1 aromatic rings. The lowest BCUT2D eigenvalue weighted by Gasteiger charge is -2.20. The van der Waals surface area contributed by atoms with E-state index in [1.54, 1.807) is 27.1 Å². The Kier molecular flexibility index (Phi) is 7.02. The molecule has 0 aromatic carbocycles. The zero-order chi connectivity index (χ0) is 17.5. The van der Waals surface area contributed by atoms with Gasteiger partial charge in [0.05, 0.1) is 19.1 Å². The molecular weight excluding hydrogens is 300 g/mol. The lowest BCUT2D eigenvalue weighted by molar-refractivity contribution is -0.143. The molecule has 1 amide bonds. The minimum absolute atomic E-state index is 0.338. The fourth-order valence-electron chi connectivity index (χ4n) is 1.89. The first kappa shape index (κ1) is 19.0. The van der Waals surface area contributed by atoms with Crippen molar-refractivity contribution in [2.24, 2.45) is 7.05 Å². The molecule has 1 aromatic heterocycles. The zero-order valence-corrected chi connectivity index (χ0v) is 14.4. The Bertz CT molecular complexity index is 522. The van der Waals surface area contributed by atoms with Crippen LogP contribution in [0.15, 0.2) is 12.5 Å². The molecule has 23 heavy (non-hydrogen) atoms. The monoisotopic (exact) mass is 326 g/mol. The molecule has 0 saturated carbocycles. The summed E-state index contributed by atoms with van der Waals surface area (Å²) < 4.78 is 11.7. The largest absolute Gasteiger partial charge is 0.468 e. The number of imidazole rings is 1. The summed E-state index contributed by atoms with van der Waals surface area (Å²) in [7, 11) is 3.20. The second kappa shape index (κ2) is 8.52. The predicted molar refractivity (Wildman–Crippen MR) is 85.0 cm³/mol. The van der Waals surface area contributed by atoms with E-state index < -0.39 is 17.7 Å². The SMILES string of the molecule is COC(=O)C(Cc1cn(C)cn1)NCCNC(=O)OC(C)(C)C. The topological polar surface area (TPSA) is 94.5 Å². The van der Waals surface area contributed by atoms with Gasteiger partial charge in [-0.2, -0.15) is 0 Å². The summed E-state index contributed by atoms with van der Waals surface area (Å²) in [5, 5.41) is 5.68. The molecule has 0 bridgehead atoms. The number of carbonyl (C=O) groups excluding carboxylic acids is 2. The molecule has 8 heteroatoms. The van der Waals surface area contributed by atoms with Crippen molar-refractivity contribution in [2.75, 3.05) is 20.2 Å². The van der Waals surface area contributed by atoms with Crippen LogP contribution in [0.3, 0.4) is 0 Å². The van der Waals surface area contributed by atoms with Crippen molar-refractivity contribution in [2.45, 2.75) is 38.8 Å². The van der Waals surface area contributed by atoms with E-state index in [-0.39, 0.29) is 5.97 Å². The van der Waals surface area contributed by atoms with Crippen molar-refractivity contribution in [1.82, 2.24) is 20.2 Å². The number of aryl methyl sites for hydroxylation is 1. The quantitative estimate of drug-likeness (QED) is 0.563. The van der Waals surface area contributed by atoms with E-state index in [9.17, 15) is 9.59 Å². The summed E-state index contributed by atoms with van der Waals surface area (Å²) in [5.41, 5.74) is 0.251. The van der Waals surface area contributed by atoms with Crippen LogP contribution in [-0.2, 0) is 27.7 Å². The average Bonchev–Trinajstić information content (AvgIpc) is 2.84. The molecule has 0 radical (unpaired) electrons. The van der Waals surface area contributed by atoms with E-state index in [0.29, 0.717) is 19.5 Å². The van der Waals surface area contributed by atoms with Gasteiger partial charge in [0.25, 0.3) is 0 Å². The Morgan fingerprint density at radius 1 is 1.35 bits per heavy atom. The van der Waals surface area contributed by atoms with Crippen LogP contribution in [0.25, 0.3) is 0 Å². The van der Waals surface area contributed by atoms with E-state index in [0.717, 1.165) is 5.69 Å². The molecule has 1 unspecified atom stereocenters. The number of rotatable bonds is 7. The molecule has 1 rings (SSSR count). The number of alkyl carbamates (subject to hydrolysis) is 1. The highest BCUT2D eigenvalue weighted by Gasteiger charge is 2.20. The number of hydrogen-bond acceptors (Lipinski definition) is 6. The van der Waals surface area contributed by atoms with Gasteiger partial charge in [0, 0.05) is 32.8 Å². The number of hydrogen-bond donors (Lipinski definition) is 2. The van der Waals surface area contributed by atoms with E-state index in [4.69, 9.17) is 9.47 Å². The van der Waals surface area contributed by atoms with Crippen molar-refractivity contribution in [1.29, 1.82) is 0 Å². The van der Waals surface area contributed by atoms with Crippen molar-refractivity contribution in [3.63, 3.8) is 0 Å². The Morgan fingerprint density at radius 2 is 2.04 bits per heavy atom. The van der Waals surface area contributed by atoms with Crippen LogP contribution in [0.4, 0.5) is 4.79 Å². The second-order valence-electron chi connectivity index (χ2n) is 6.19. The van der Waals surface area contributed by atoms with Gasteiger partial charge in [-0.15, -0.1) is 0 Å². The first-order valence-electron chi connectivity index (χ1n) is 7.46. The van der Waals surface area contributed by atoms with Crippen molar-refractivity contribution >= 4 is 12.1 Å². The Hall–Kier alpha value is -2.09. The minimum Gasteiger partial charge on any atom is -0.468 e. The fourth-order valence-corrected chi connectivity index (χ4v) is 1.89. The van der Waals surface area contributed by atoms with Crippen LogP contribution >= 0.6 is 0 Å². The van der Waals surface area contributed by atoms with Gasteiger partial charge in [0.2, 0.25) is 0 Å². The number of methoxy groups -OCH3 is 1. The smallest absolute Gasteiger partial charge is 0.407 e. The molecule has 0 aliphatic heterocycles. The lowest BCUT2D eigenvalue weighted by Crippen LogP contribution is -2.44. The van der Waals surface area contributed by atoms with Crippen molar-refractivity contribution in [3.05, 3.63) is 18.2 Å². The molecule has 8 nitrogen and oxygen atoms in total. The molecule has 0 fully saturated rings. The third-order valence-electron chi connectivity index (χ3n) is 2.84. The van der Waals surface area contributed by atoms with Gasteiger partial charge in [-0.3, -0.25) is 4.79 Å². The maximum absolute atomic E-state index is 11.8. The molecule has 0 aliphatic carbocycles. The first-order chi connectivity index (χ1) is 10.7. The summed E-state index contributed by atoms with van der Waals surface area (Å²) in [6.07, 6.45) is 3.45. The van der Waals surface area contributed by atoms with Gasteiger partial charge >= 0.3 is 12.1 Å². The number of amides is 1. The number of esters is 1. The third-order valence-corrected chi connectivity index (χ3v) is 2.84. The zero-order valence-electron chi connectivity index (χ0n) is 14.4. The van der Waals surface area contributed by atoms with Crippen LogP contribution in [-0.4, -0.2) is 53.5 Å². The normalized spacial score (nSPS) is 12.6. The van der Waals surface area contributed by atoms with Crippen molar-refractivity contribution in [3.8, 4) is 0 Å². The van der Waals surface area contributed by atoms with Crippen LogP contribution in [0.1, 0.15) is 26.5 Å². The van der Waals surface area contributed by atoms with E-state index in [1.165, 1.54) is 7.11 Å². The Balaban J connectivity index is 2.40. The van der Waals surface area contributed by atoms with Crippen molar-refractivity contribution < 1.29 is 19.1 Å². The van der Waals surface area contributed by atoms with Crippen LogP contribution < -0.4 is 10.6 Å². The molecule has 1 atom stereocenters. The number of ether oxygens (including phenoxy) is 2. The standard InChI is InChI=1S/C15H26N4O4/c1-15(2,3)23-14(21)17-7-6-16-12(13(20)22-5)8-11-9-19(4)10-18-11/h9-10,12,16H,6-8H2,1-5H3,(H,17,21). The van der Waals surface area contributed by atoms with Crippen LogP contribution in [0.2, 0.25) is 0 Å². The van der Waals surface area contributed by atoms with Gasteiger partial charge < -0.3 is 24.7 Å². The lowest BCUT2D eigenvalue weighted by atomic mass is 10.1. The summed E-state index contributed by atoms with van der Waals surface area (Å²) in [6.45, 7) is 6.14. The number of aromatic nitrogens is 2. The maximum atomic E-state index is 11.8. The number of nitrogens with one attached hydrogen (secondary N) is 2. The van der Waals surface area contributed by atoms with Crippen LogP contribution in [0.5, 0.6) is 0 Å². The Morgan fingerprint density at radius 3 is 2.57 bits per heavy atom. The van der Waals surface area contributed by atoms with Gasteiger partial charge in [0.15, 0.2) is 0 Å². The average molecular weight is 326 g/mol. The highest BCUT2D eigenvalue weighted by molar-refractivity contribution is 5.76. The molecule has 0 spiro atoms.